The Morgan fingerprint density at radius 2 is 1.76 bits per heavy atom. The number of aromatic nitrogens is 2. The van der Waals surface area contributed by atoms with Crippen LogP contribution in [0.2, 0.25) is 0 Å². The fourth-order valence-corrected chi connectivity index (χ4v) is 6.60. The van der Waals surface area contributed by atoms with E-state index in [0.29, 0.717) is 24.4 Å². The number of rotatable bonds is 5. The molecule has 2 heterocycles. The lowest BCUT2D eigenvalue weighted by Gasteiger charge is -2.28. The van der Waals surface area contributed by atoms with E-state index < -0.39 is 10.0 Å². The SMILES string of the molecule is CC(=O)N(Cc1nn(C)c2c1CN(S(=O)(=O)c1ccc3c(c1)CCCC3)CC2)c1ccccc1. The predicted octanol–water partition coefficient (Wildman–Crippen LogP) is 3.60. The van der Waals surface area contributed by atoms with Crippen LogP contribution in [0, 0.1) is 0 Å². The van der Waals surface area contributed by atoms with E-state index in [4.69, 9.17) is 0 Å². The second-order valence-electron chi connectivity index (χ2n) is 9.16. The van der Waals surface area contributed by atoms with Gasteiger partial charge in [0.15, 0.2) is 0 Å². The molecule has 0 spiro atoms. The summed E-state index contributed by atoms with van der Waals surface area (Å²) in [6.45, 7) is 2.52. The minimum absolute atomic E-state index is 0.0834. The zero-order chi connectivity index (χ0) is 23.9. The van der Waals surface area contributed by atoms with Crippen molar-refractivity contribution >= 4 is 21.6 Å². The van der Waals surface area contributed by atoms with Crippen molar-refractivity contribution in [3.63, 3.8) is 0 Å². The Morgan fingerprint density at radius 1 is 1.03 bits per heavy atom. The van der Waals surface area contributed by atoms with Crippen molar-refractivity contribution in [2.75, 3.05) is 11.4 Å². The molecule has 2 aliphatic rings. The summed E-state index contributed by atoms with van der Waals surface area (Å²) in [4.78, 5) is 14.5. The number of carbonyl (C=O) groups is 1. The minimum Gasteiger partial charge on any atom is -0.307 e. The first-order valence-corrected chi connectivity index (χ1v) is 13.3. The number of hydrogen-bond acceptors (Lipinski definition) is 4. The Bertz CT molecular complexity index is 1330. The molecule has 0 saturated heterocycles. The summed E-state index contributed by atoms with van der Waals surface area (Å²) >= 11 is 0. The van der Waals surface area contributed by atoms with Crippen LogP contribution in [-0.2, 0) is 54.2 Å². The number of benzene rings is 2. The number of anilines is 1. The molecule has 34 heavy (non-hydrogen) atoms. The molecular formula is C26H30N4O3S. The highest BCUT2D eigenvalue weighted by atomic mass is 32.2. The number of amides is 1. The molecule has 1 aliphatic heterocycles. The monoisotopic (exact) mass is 478 g/mol. The number of fused-ring (bicyclic) bond motifs is 2. The highest BCUT2D eigenvalue weighted by Gasteiger charge is 2.33. The standard InChI is InChI=1S/C26H30N4O3S/c1-19(31)30(22-10-4-3-5-11-22)18-25-24-17-29(15-14-26(24)28(2)27-25)34(32,33)23-13-12-20-8-6-7-9-21(20)16-23/h3-5,10-13,16H,6-9,14-15,17-18H2,1-2H3. The molecule has 178 valence electrons. The Hall–Kier alpha value is -2.97. The maximum absolute atomic E-state index is 13.6. The van der Waals surface area contributed by atoms with E-state index in [-0.39, 0.29) is 12.5 Å². The van der Waals surface area contributed by atoms with Gasteiger partial charge in [0.1, 0.15) is 0 Å². The van der Waals surface area contributed by atoms with Gasteiger partial charge in [0, 0.05) is 50.4 Å². The molecular weight excluding hydrogens is 448 g/mol. The van der Waals surface area contributed by atoms with Crippen LogP contribution in [-0.4, -0.2) is 35.0 Å². The van der Waals surface area contributed by atoms with Crippen LogP contribution in [0.25, 0.3) is 0 Å². The maximum Gasteiger partial charge on any atom is 0.243 e. The third-order valence-electron chi connectivity index (χ3n) is 7.00. The van der Waals surface area contributed by atoms with Crippen LogP contribution < -0.4 is 4.90 Å². The highest BCUT2D eigenvalue weighted by molar-refractivity contribution is 7.89. The van der Waals surface area contributed by atoms with Crippen LogP contribution >= 0.6 is 0 Å². The molecule has 1 aliphatic carbocycles. The van der Waals surface area contributed by atoms with Crippen LogP contribution in [0.5, 0.6) is 0 Å². The molecule has 0 unspecified atom stereocenters. The molecule has 0 N–H and O–H groups in total. The van der Waals surface area contributed by atoms with Crippen molar-refractivity contribution < 1.29 is 13.2 Å². The lowest BCUT2D eigenvalue weighted by Crippen LogP contribution is -2.37. The number of sulfonamides is 1. The zero-order valence-corrected chi connectivity index (χ0v) is 20.5. The van der Waals surface area contributed by atoms with Crippen LogP contribution in [0.3, 0.4) is 0 Å². The summed E-state index contributed by atoms with van der Waals surface area (Å²) in [6, 6.07) is 15.1. The average molecular weight is 479 g/mol. The summed E-state index contributed by atoms with van der Waals surface area (Å²) in [5.41, 5.74) is 5.89. The first-order valence-electron chi connectivity index (χ1n) is 11.8. The van der Waals surface area contributed by atoms with E-state index in [0.717, 1.165) is 53.9 Å². The van der Waals surface area contributed by atoms with E-state index in [1.54, 1.807) is 15.3 Å². The first kappa shape index (κ1) is 22.8. The van der Waals surface area contributed by atoms with Gasteiger partial charge in [-0.15, -0.1) is 0 Å². The van der Waals surface area contributed by atoms with E-state index >= 15 is 0 Å². The van der Waals surface area contributed by atoms with Crippen molar-refractivity contribution in [3.8, 4) is 0 Å². The van der Waals surface area contributed by atoms with Crippen LogP contribution in [0.15, 0.2) is 53.4 Å². The topological polar surface area (TPSA) is 75.5 Å². The molecule has 5 rings (SSSR count). The molecule has 7 nitrogen and oxygen atoms in total. The molecule has 0 fully saturated rings. The normalized spacial score (nSPS) is 16.1. The molecule has 2 aromatic carbocycles. The fourth-order valence-electron chi connectivity index (χ4n) is 5.14. The van der Waals surface area contributed by atoms with Gasteiger partial charge >= 0.3 is 0 Å². The van der Waals surface area contributed by atoms with Gasteiger partial charge in [-0.2, -0.15) is 9.40 Å². The summed E-state index contributed by atoms with van der Waals surface area (Å²) in [6.07, 6.45) is 4.83. The van der Waals surface area contributed by atoms with E-state index in [1.165, 1.54) is 12.5 Å². The molecule has 1 aromatic heterocycles. The van der Waals surface area contributed by atoms with Crippen molar-refractivity contribution in [1.82, 2.24) is 14.1 Å². The van der Waals surface area contributed by atoms with Gasteiger partial charge in [0.25, 0.3) is 0 Å². The van der Waals surface area contributed by atoms with Crippen molar-refractivity contribution in [2.45, 2.75) is 57.0 Å². The van der Waals surface area contributed by atoms with Crippen LogP contribution in [0.4, 0.5) is 5.69 Å². The number of para-hydroxylation sites is 1. The van der Waals surface area contributed by atoms with E-state index in [2.05, 4.69) is 5.10 Å². The predicted molar refractivity (Wildman–Crippen MR) is 131 cm³/mol. The van der Waals surface area contributed by atoms with Gasteiger partial charge in [-0.1, -0.05) is 24.3 Å². The number of hydrogen-bond donors (Lipinski definition) is 0. The molecule has 0 saturated carbocycles. The summed E-state index contributed by atoms with van der Waals surface area (Å²) in [5.74, 6) is -0.0834. The minimum atomic E-state index is -3.63. The fraction of sp³-hybridized carbons (Fsp3) is 0.385. The average Bonchev–Trinajstić information content (AvgIpc) is 3.17. The number of nitrogens with zero attached hydrogens (tertiary/aromatic N) is 4. The molecule has 0 bridgehead atoms. The Morgan fingerprint density at radius 3 is 2.50 bits per heavy atom. The molecule has 0 radical (unpaired) electrons. The summed E-state index contributed by atoms with van der Waals surface area (Å²) in [5, 5.41) is 4.69. The van der Waals surface area contributed by atoms with Gasteiger partial charge < -0.3 is 4.90 Å². The van der Waals surface area contributed by atoms with Gasteiger partial charge in [-0.05, 0) is 61.1 Å². The maximum atomic E-state index is 13.6. The van der Waals surface area contributed by atoms with Gasteiger partial charge in [-0.25, -0.2) is 8.42 Å². The second-order valence-corrected chi connectivity index (χ2v) is 11.1. The van der Waals surface area contributed by atoms with Crippen molar-refractivity contribution in [3.05, 3.63) is 76.6 Å². The zero-order valence-electron chi connectivity index (χ0n) is 19.7. The smallest absolute Gasteiger partial charge is 0.243 e. The van der Waals surface area contributed by atoms with Crippen molar-refractivity contribution in [1.29, 1.82) is 0 Å². The number of carbonyl (C=O) groups excluding carboxylic acids is 1. The Balaban J connectivity index is 1.44. The molecule has 1 amide bonds. The van der Waals surface area contributed by atoms with Gasteiger partial charge in [0.05, 0.1) is 17.1 Å². The van der Waals surface area contributed by atoms with Crippen molar-refractivity contribution in [2.24, 2.45) is 7.05 Å². The first-order chi connectivity index (χ1) is 16.3. The molecule has 8 heteroatoms. The quantitative estimate of drug-likeness (QED) is 0.562. The third kappa shape index (κ3) is 4.16. The molecule has 0 atom stereocenters. The second kappa shape index (κ2) is 9.00. The Kier molecular flexibility index (Phi) is 6.04. The largest absolute Gasteiger partial charge is 0.307 e. The summed E-state index contributed by atoms with van der Waals surface area (Å²) in [7, 11) is -1.74. The lowest BCUT2D eigenvalue weighted by atomic mass is 9.92. The van der Waals surface area contributed by atoms with E-state index in [1.807, 2.05) is 54.2 Å². The van der Waals surface area contributed by atoms with Crippen LogP contribution in [0.1, 0.15) is 47.8 Å². The van der Waals surface area contributed by atoms with Gasteiger partial charge in [-0.3, -0.25) is 9.48 Å². The highest BCUT2D eigenvalue weighted by Crippen LogP contribution is 2.30. The summed E-state index contributed by atoms with van der Waals surface area (Å²) < 4.78 is 30.6. The number of aryl methyl sites for hydroxylation is 3. The van der Waals surface area contributed by atoms with Gasteiger partial charge in [0.2, 0.25) is 15.9 Å². The third-order valence-corrected chi connectivity index (χ3v) is 8.85. The molecule has 3 aromatic rings. The van der Waals surface area contributed by atoms with E-state index in [9.17, 15) is 13.2 Å². The lowest BCUT2D eigenvalue weighted by molar-refractivity contribution is -0.116. The Labute approximate surface area is 201 Å².